The second kappa shape index (κ2) is 9.60. The molecule has 0 aliphatic rings. The first-order chi connectivity index (χ1) is 13.7. The van der Waals surface area contributed by atoms with Crippen LogP contribution < -0.4 is 14.8 Å². The number of halogens is 3. The summed E-state index contributed by atoms with van der Waals surface area (Å²) in [6, 6.07) is 7.10. The number of nitrogens with zero attached hydrogens (tertiary/aromatic N) is 2. The van der Waals surface area contributed by atoms with Crippen molar-refractivity contribution in [1.82, 2.24) is 0 Å². The number of carbonyl (C=O) groups excluding carboxylic acids is 1. The highest BCUT2D eigenvalue weighted by molar-refractivity contribution is 9.10. The Balaban J connectivity index is 2.39. The smallest absolute Gasteiger partial charge is 0.272 e. The average Bonchev–Trinajstić information content (AvgIpc) is 2.67. The van der Waals surface area contributed by atoms with Gasteiger partial charge in [-0.1, -0.05) is 23.2 Å². The standard InChI is InChI=1S/C18H12BrCl2N3O5/c1-28-15-5-9(4-12(19)17(15)29-2)3-10(8-22)18(25)23-16-13(20)6-11(24(26)27)7-14(16)21/h3-7H,1-2H3,(H,23,25)/b10-3+. The number of rotatable bonds is 6. The molecule has 150 valence electrons. The molecule has 0 spiro atoms. The molecule has 2 rings (SSSR count). The van der Waals surface area contributed by atoms with E-state index in [9.17, 15) is 20.2 Å². The molecule has 0 fully saturated rings. The Hall–Kier alpha value is -2.80. The largest absolute Gasteiger partial charge is 0.493 e. The van der Waals surface area contributed by atoms with Crippen molar-refractivity contribution in [2.24, 2.45) is 0 Å². The zero-order chi connectivity index (χ0) is 21.7. The number of nitro groups is 1. The predicted molar refractivity (Wildman–Crippen MR) is 113 cm³/mol. The van der Waals surface area contributed by atoms with Crippen LogP contribution in [0.5, 0.6) is 11.5 Å². The lowest BCUT2D eigenvalue weighted by Gasteiger charge is -2.11. The zero-order valence-corrected chi connectivity index (χ0v) is 18.1. The molecular formula is C18H12BrCl2N3O5. The van der Waals surface area contributed by atoms with Crippen molar-refractivity contribution in [2.45, 2.75) is 0 Å². The zero-order valence-electron chi connectivity index (χ0n) is 15.0. The topological polar surface area (TPSA) is 114 Å². The van der Waals surface area contributed by atoms with Crippen LogP contribution in [0.25, 0.3) is 6.08 Å². The van der Waals surface area contributed by atoms with E-state index in [0.717, 1.165) is 12.1 Å². The number of nitro benzene ring substituents is 1. The van der Waals surface area contributed by atoms with Crippen LogP contribution in [0, 0.1) is 21.4 Å². The minimum Gasteiger partial charge on any atom is -0.493 e. The van der Waals surface area contributed by atoms with E-state index in [0.29, 0.717) is 21.5 Å². The van der Waals surface area contributed by atoms with Crippen LogP contribution in [-0.2, 0) is 4.79 Å². The molecule has 0 aliphatic carbocycles. The fourth-order valence-electron chi connectivity index (χ4n) is 2.30. The molecule has 0 aliphatic heterocycles. The normalized spacial score (nSPS) is 10.8. The molecule has 1 N–H and O–H groups in total. The van der Waals surface area contributed by atoms with Crippen molar-refractivity contribution in [2.75, 3.05) is 19.5 Å². The fourth-order valence-corrected chi connectivity index (χ4v) is 3.49. The molecule has 0 radical (unpaired) electrons. The van der Waals surface area contributed by atoms with Crippen LogP contribution in [0.1, 0.15) is 5.56 Å². The van der Waals surface area contributed by atoms with E-state index in [2.05, 4.69) is 21.2 Å². The van der Waals surface area contributed by atoms with Gasteiger partial charge in [-0.05, 0) is 39.7 Å². The Kier molecular flexibility index (Phi) is 7.45. The molecule has 11 heteroatoms. The highest BCUT2D eigenvalue weighted by Crippen LogP contribution is 2.37. The summed E-state index contributed by atoms with van der Waals surface area (Å²) in [6.07, 6.45) is 1.33. The van der Waals surface area contributed by atoms with Crippen LogP contribution in [0.2, 0.25) is 10.0 Å². The SMILES string of the molecule is COc1cc(/C=C(\C#N)C(=O)Nc2c(Cl)cc([N+](=O)[O-])cc2Cl)cc(Br)c1OC. The van der Waals surface area contributed by atoms with Crippen molar-refractivity contribution in [1.29, 1.82) is 5.26 Å². The van der Waals surface area contributed by atoms with E-state index < -0.39 is 10.8 Å². The van der Waals surface area contributed by atoms with Crippen LogP contribution in [0.15, 0.2) is 34.3 Å². The highest BCUT2D eigenvalue weighted by atomic mass is 79.9. The molecule has 0 saturated carbocycles. The second-order valence-electron chi connectivity index (χ2n) is 5.40. The summed E-state index contributed by atoms with van der Waals surface area (Å²) in [5.41, 5.74) is -0.139. The van der Waals surface area contributed by atoms with Gasteiger partial charge >= 0.3 is 0 Å². The lowest BCUT2D eigenvalue weighted by molar-refractivity contribution is -0.384. The summed E-state index contributed by atoms with van der Waals surface area (Å²) in [6.45, 7) is 0. The number of methoxy groups -OCH3 is 2. The lowest BCUT2D eigenvalue weighted by Crippen LogP contribution is -2.14. The van der Waals surface area contributed by atoms with Crippen molar-refractivity contribution in [3.63, 3.8) is 0 Å². The van der Waals surface area contributed by atoms with Crippen molar-refractivity contribution in [3.05, 3.63) is 60.0 Å². The Morgan fingerprint density at radius 1 is 1.24 bits per heavy atom. The summed E-state index contributed by atoms with van der Waals surface area (Å²) in [5.74, 6) is 0.0559. The summed E-state index contributed by atoms with van der Waals surface area (Å²) in [4.78, 5) is 22.7. The van der Waals surface area contributed by atoms with E-state index in [-0.39, 0.29) is 27.0 Å². The van der Waals surface area contributed by atoms with Crippen molar-refractivity contribution >= 4 is 62.5 Å². The number of hydrogen-bond acceptors (Lipinski definition) is 6. The number of amides is 1. The summed E-state index contributed by atoms with van der Waals surface area (Å²) >= 11 is 15.3. The third-order valence-corrected chi connectivity index (χ3v) is 4.79. The van der Waals surface area contributed by atoms with Gasteiger partial charge in [-0.2, -0.15) is 5.26 Å². The van der Waals surface area contributed by atoms with Gasteiger partial charge in [0.2, 0.25) is 0 Å². The Labute approximate surface area is 183 Å². The molecule has 29 heavy (non-hydrogen) atoms. The molecule has 1 amide bonds. The van der Waals surface area contributed by atoms with Crippen molar-refractivity contribution < 1.29 is 19.2 Å². The first kappa shape index (κ1) is 22.5. The van der Waals surface area contributed by atoms with Gasteiger partial charge < -0.3 is 14.8 Å². The monoisotopic (exact) mass is 499 g/mol. The van der Waals surface area contributed by atoms with Gasteiger partial charge in [0.1, 0.15) is 11.6 Å². The minimum atomic E-state index is -0.795. The third kappa shape index (κ3) is 5.17. The van der Waals surface area contributed by atoms with Crippen LogP contribution >= 0.6 is 39.1 Å². The van der Waals surface area contributed by atoms with Crippen LogP contribution in [-0.4, -0.2) is 25.1 Å². The lowest BCUT2D eigenvalue weighted by atomic mass is 10.1. The van der Waals surface area contributed by atoms with Gasteiger partial charge in [-0.15, -0.1) is 0 Å². The van der Waals surface area contributed by atoms with Gasteiger partial charge in [0.15, 0.2) is 11.5 Å². The summed E-state index contributed by atoms with van der Waals surface area (Å²) in [7, 11) is 2.93. The number of ether oxygens (including phenoxy) is 2. The highest BCUT2D eigenvalue weighted by Gasteiger charge is 2.19. The number of nitrogens with one attached hydrogen (secondary N) is 1. The van der Waals surface area contributed by atoms with E-state index in [4.69, 9.17) is 32.7 Å². The maximum absolute atomic E-state index is 12.5. The molecule has 0 saturated heterocycles. The third-order valence-electron chi connectivity index (χ3n) is 3.61. The number of anilines is 1. The molecule has 8 nitrogen and oxygen atoms in total. The number of non-ortho nitro benzene ring substituents is 1. The summed E-state index contributed by atoms with van der Waals surface area (Å²) in [5, 5.41) is 22.4. The average molecular weight is 501 g/mol. The molecular weight excluding hydrogens is 489 g/mol. The van der Waals surface area contributed by atoms with Gasteiger partial charge in [-0.3, -0.25) is 14.9 Å². The first-order valence-electron chi connectivity index (χ1n) is 7.69. The van der Waals surface area contributed by atoms with E-state index >= 15 is 0 Å². The van der Waals surface area contributed by atoms with E-state index in [1.54, 1.807) is 18.2 Å². The van der Waals surface area contributed by atoms with Gasteiger partial charge in [0.05, 0.1) is 39.3 Å². The quantitative estimate of drug-likeness (QED) is 0.251. The van der Waals surface area contributed by atoms with E-state index in [1.165, 1.54) is 20.3 Å². The van der Waals surface area contributed by atoms with E-state index in [1.807, 2.05) is 0 Å². The maximum Gasteiger partial charge on any atom is 0.272 e. The molecule has 2 aromatic carbocycles. The summed E-state index contributed by atoms with van der Waals surface area (Å²) < 4.78 is 11.0. The number of nitriles is 1. The molecule has 0 unspecified atom stereocenters. The van der Waals surface area contributed by atoms with Gasteiger partial charge in [0.25, 0.3) is 11.6 Å². The molecule has 0 aromatic heterocycles. The fraction of sp³-hybridized carbons (Fsp3) is 0.111. The number of benzene rings is 2. The number of hydrogen-bond donors (Lipinski definition) is 1. The van der Waals surface area contributed by atoms with Crippen LogP contribution in [0.3, 0.4) is 0 Å². The Bertz CT molecular complexity index is 1040. The Morgan fingerprint density at radius 3 is 2.34 bits per heavy atom. The maximum atomic E-state index is 12.5. The number of carbonyl (C=O) groups is 1. The first-order valence-corrected chi connectivity index (χ1v) is 9.24. The predicted octanol–water partition coefficient (Wildman–Crippen LogP) is 5.23. The van der Waals surface area contributed by atoms with Gasteiger partial charge in [0, 0.05) is 12.1 Å². The molecule has 2 aromatic rings. The molecule has 0 heterocycles. The Morgan fingerprint density at radius 2 is 1.86 bits per heavy atom. The molecule has 0 bridgehead atoms. The molecule has 0 atom stereocenters. The van der Waals surface area contributed by atoms with Gasteiger partial charge in [-0.25, -0.2) is 0 Å². The minimum absolute atomic E-state index is 0.0430. The second-order valence-corrected chi connectivity index (χ2v) is 7.07. The van der Waals surface area contributed by atoms with Crippen molar-refractivity contribution in [3.8, 4) is 17.6 Å². The van der Waals surface area contributed by atoms with Crippen LogP contribution in [0.4, 0.5) is 11.4 Å².